The van der Waals surface area contributed by atoms with Crippen LogP contribution in [0.5, 0.6) is 0 Å². The van der Waals surface area contributed by atoms with Crippen LogP contribution >= 0.6 is 0 Å². The Balaban J connectivity index is 2.28. The van der Waals surface area contributed by atoms with Gasteiger partial charge >= 0.3 is 0 Å². The Hall–Kier alpha value is -0.720. The first kappa shape index (κ1) is 12.7. The molecular formula is C12H18O5. The lowest BCUT2D eigenvalue weighted by Crippen LogP contribution is -2.51. The van der Waals surface area contributed by atoms with Crippen LogP contribution in [0.3, 0.4) is 0 Å². The van der Waals surface area contributed by atoms with Gasteiger partial charge in [-0.1, -0.05) is 12.2 Å². The van der Waals surface area contributed by atoms with Gasteiger partial charge in [-0.05, 0) is 13.8 Å². The van der Waals surface area contributed by atoms with Crippen molar-refractivity contribution in [2.75, 3.05) is 0 Å². The van der Waals surface area contributed by atoms with E-state index in [0.29, 0.717) is 0 Å². The molecule has 0 radical (unpaired) electrons. The van der Waals surface area contributed by atoms with E-state index < -0.39 is 36.0 Å². The quantitative estimate of drug-likeness (QED) is 0.698. The fourth-order valence-electron chi connectivity index (χ4n) is 2.27. The zero-order valence-corrected chi connectivity index (χ0v) is 10.00. The van der Waals surface area contributed by atoms with Gasteiger partial charge in [0.25, 0.3) is 0 Å². The van der Waals surface area contributed by atoms with Crippen LogP contribution < -0.4 is 0 Å². The van der Waals surface area contributed by atoms with E-state index in [9.17, 15) is 10.2 Å². The van der Waals surface area contributed by atoms with E-state index in [2.05, 4.69) is 13.2 Å². The molecule has 2 heterocycles. The van der Waals surface area contributed by atoms with Crippen molar-refractivity contribution in [1.29, 1.82) is 0 Å². The van der Waals surface area contributed by atoms with Crippen molar-refractivity contribution >= 4 is 0 Å². The van der Waals surface area contributed by atoms with Crippen LogP contribution in [-0.2, 0) is 14.2 Å². The normalized spacial score (nSPS) is 45.3. The maximum atomic E-state index is 10.5. The minimum Gasteiger partial charge on any atom is -0.386 e. The molecule has 2 N–H and O–H groups in total. The molecule has 2 aliphatic heterocycles. The van der Waals surface area contributed by atoms with Gasteiger partial charge in [0.05, 0.1) is 0 Å². The van der Waals surface area contributed by atoms with Crippen molar-refractivity contribution in [2.24, 2.45) is 0 Å². The van der Waals surface area contributed by atoms with Crippen molar-refractivity contribution in [2.45, 2.75) is 49.8 Å². The predicted molar refractivity (Wildman–Crippen MR) is 60.0 cm³/mol. The van der Waals surface area contributed by atoms with Gasteiger partial charge in [-0.2, -0.15) is 0 Å². The van der Waals surface area contributed by atoms with Gasteiger partial charge in [-0.25, -0.2) is 0 Å². The van der Waals surface area contributed by atoms with E-state index in [4.69, 9.17) is 14.2 Å². The zero-order valence-electron chi connectivity index (χ0n) is 10.00. The Kier molecular flexibility index (Phi) is 2.92. The summed E-state index contributed by atoms with van der Waals surface area (Å²) in [6, 6.07) is 0. The second-order valence-electron chi connectivity index (χ2n) is 4.80. The highest BCUT2D eigenvalue weighted by molar-refractivity contribution is 5.17. The number of rotatable bonds is 3. The van der Waals surface area contributed by atoms with Gasteiger partial charge in [0, 0.05) is 0 Å². The molecule has 0 spiro atoms. The third-order valence-corrected chi connectivity index (χ3v) is 3.13. The summed E-state index contributed by atoms with van der Waals surface area (Å²) in [5.74, 6) is -0.823. The Bertz CT molecular complexity index is 340. The molecule has 2 aliphatic rings. The van der Waals surface area contributed by atoms with Crippen molar-refractivity contribution in [3.8, 4) is 0 Å². The Labute approximate surface area is 100 Å². The minimum atomic E-state index is -1.49. The molecule has 0 amide bonds. The molecule has 1 unspecified atom stereocenters. The van der Waals surface area contributed by atoms with Crippen LogP contribution in [0.15, 0.2) is 25.3 Å². The van der Waals surface area contributed by atoms with Gasteiger partial charge in [0.1, 0.15) is 23.9 Å². The Morgan fingerprint density at radius 1 is 1.29 bits per heavy atom. The Morgan fingerprint density at radius 3 is 2.47 bits per heavy atom. The fourth-order valence-corrected chi connectivity index (χ4v) is 2.27. The molecule has 0 aliphatic carbocycles. The standard InChI is InChI=1S/C12H18O5/c1-5-7(13)8-12(14,6-2)9-10(15-8)17-11(3,4)16-9/h5-10,13-14H,1-2H2,3-4H3/t7?,8-,9+,10-,12-/m1/s1. The summed E-state index contributed by atoms with van der Waals surface area (Å²) in [6.45, 7) is 10.5. The van der Waals surface area contributed by atoms with Crippen LogP contribution in [0.1, 0.15) is 13.8 Å². The molecule has 17 heavy (non-hydrogen) atoms. The van der Waals surface area contributed by atoms with E-state index >= 15 is 0 Å². The second kappa shape index (κ2) is 3.90. The second-order valence-corrected chi connectivity index (χ2v) is 4.80. The highest BCUT2D eigenvalue weighted by Gasteiger charge is 2.63. The number of fused-ring (bicyclic) bond motifs is 1. The maximum absolute atomic E-state index is 10.5. The summed E-state index contributed by atoms with van der Waals surface area (Å²) in [5, 5.41) is 20.3. The van der Waals surface area contributed by atoms with Gasteiger partial charge < -0.3 is 24.4 Å². The smallest absolute Gasteiger partial charge is 0.191 e. The third kappa shape index (κ3) is 1.84. The largest absolute Gasteiger partial charge is 0.386 e. The maximum Gasteiger partial charge on any atom is 0.191 e. The summed E-state index contributed by atoms with van der Waals surface area (Å²) in [7, 11) is 0. The molecule has 0 saturated carbocycles. The zero-order chi connectivity index (χ0) is 12.8. The average molecular weight is 242 g/mol. The van der Waals surface area contributed by atoms with Crippen molar-refractivity contribution in [3.05, 3.63) is 25.3 Å². The van der Waals surface area contributed by atoms with Crippen LogP contribution in [0.4, 0.5) is 0 Å². The van der Waals surface area contributed by atoms with Gasteiger partial charge in [0.15, 0.2) is 12.1 Å². The van der Waals surface area contributed by atoms with E-state index in [-0.39, 0.29) is 0 Å². The highest BCUT2D eigenvalue weighted by Crippen LogP contribution is 2.44. The number of aliphatic hydroxyl groups excluding tert-OH is 1. The minimum absolute atomic E-state index is 0.699. The molecule has 96 valence electrons. The van der Waals surface area contributed by atoms with E-state index in [1.165, 1.54) is 12.2 Å². The number of hydrogen-bond acceptors (Lipinski definition) is 5. The van der Waals surface area contributed by atoms with Gasteiger partial charge in [-0.15, -0.1) is 13.2 Å². The lowest BCUT2D eigenvalue weighted by molar-refractivity contribution is -0.231. The fraction of sp³-hybridized carbons (Fsp3) is 0.667. The summed E-state index contributed by atoms with van der Waals surface area (Å²) in [6.07, 6.45) is -0.699. The summed E-state index contributed by atoms with van der Waals surface area (Å²) >= 11 is 0. The van der Waals surface area contributed by atoms with Crippen LogP contribution in [0.2, 0.25) is 0 Å². The molecule has 0 aromatic rings. The third-order valence-electron chi connectivity index (χ3n) is 3.13. The molecule has 5 heteroatoms. The average Bonchev–Trinajstić information content (AvgIpc) is 2.71. The van der Waals surface area contributed by atoms with Crippen molar-refractivity contribution in [1.82, 2.24) is 0 Å². The molecule has 0 bridgehead atoms. The van der Waals surface area contributed by atoms with Crippen LogP contribution in [0, 0.1) is 0 Å². The van der Waals surface area contributed by atoms with Gasteiger partial charge in [0.2, 0.25) is 0 Å². The molecule has 2 fully saturated rings. The number of hydrogen-bond donors (Lipinski definition) is 2. The number of ether oxygens (including phenoxy) is 3. The first-order valence-corrected chi connectivity index (χ1v) is 5.52. The summed E-state index contributed by atoms with van der Waals surface area (Å²) in [4.78, 5) is 0. The van der Waals surface area contributed by atoms with Crippen molar-refractivity contribution < 1.29 is 24.4 Å². The van der Waals surface area contributed by atoms with E-state index in [0.717, 1.165) is 0 Å². The summed E-state index contributed by atoms with van der Waals surface area (Å²) in [5.41, 5.74) is -1.49. The highest BCUT2D eigenvalue weighted by atomic mass is 16.8. The molecule has 2 rings (SSSR count). The molecular weight excluding hydrogens is 224 g/mol. The molecule has 2 saturated heterocycles. The van der Waals surface area contributed by atoms with Crippen LogP contribution in [-0.4, -0.2) is 46.2 Å². The molecule has 5 nitrogen and oxygen atoms in total. The SMILES string of the molecule is C=CC(O)[C@H]1O[C@@H]2OC(C)(C)O[C@@H]2[C@@]1(O)C=C. The monoisotopic (exact) mass is 242 g/mol. The molecule has 0 aromatic heterocycles. The number of aliphatic hydroxyl groups is 2. The first-order valence-electron chi connectivity index (χ1n) is 5.52. The lowest BCUT2D eigenvalue weighted by atomic mass is 9.89. The van der Waals surface area contributed by atoms with Crippen LogP contribution in [0.25, 0.3) is 0 Å². The molecule has 5 atom stereocenters. The topological polar surface area (TPSA) is 68.2 Å². The van der Waals surface area contributed by atoms with E-state index in [1.807, 2.05) is 0 Å². The van der Waals surface area contributed by atoms with Crippen molar-refractivity contribution in [3.63, 3.8) is 0 Å². The first-order chi connectivity index (χ1) is 7.84. The van der Waals surface area contributed by atoms with Gasteiger partial charge in [-0.3, -0.25) is 0 Å². The Morgan fingerprint density at radius 2 is 1.94 bits per heavy atom. The summed E-state index contributed by atoms with van der Waals surface area (Å²) < 4.78 is 16.6. The lowest BCUT2D eigenvalue weighted by Gasteiger charge is -2.32. The van der Waals surface area contributed by atoms with E-state index in [1.54, 1.807) is 13.8 Å². The molecule has 0 aromatic carbocycles. The predicted octanol–water partition coefficient (Wildman–Crippen LogP) is 0.327.